The Morgan fingerprint density at radius 1 is 0.970 bits per heavy atom. The van der Waals surface area contributed by atoms with Gasteiger partial charge in [-0.25, -0.2) is 0 Å². The monoisotopic (exact) mass is 469 g/mol. The van der Waals surface area contributed by atoms with Crippen LogP contribution in [-0.2, 0) is 19.1 Å². The standard InChI is InChI=1S/C25H31N3O4S/c1-18-9-11-21(12-10-18)26-23(29)17-33-20(3)25(31)32-19(2)24(30)28-15-13-27(14-16-28)22-7-5-4-6-8-22/h4-12,19-20H,13-17H2,1-3H3,(H,26,29)/t19-,20+/m0/s1. The molecule has 1 fully saturated rings. The Morgan fingerprint density at radius 2 is 1.61 bits per heavy atom. The van der Waals surface area contributed by atoms with Crippen molar-refractivity contribution >= 4 is 40.9 Å². The topological polar surface area (TPSA) is 78.9 Å². The summed E-state index contributed by atoms with van der Waals surface area (Å²) in [7, 11) is 0. The first-order valence-corrected chi connectivity index (χ1v) is 12.2. The minimum absolute atomic E-state index is 0.119. The molecule has 2 aromatic carbocycles. The molecule has 176 valence electrons. The van der Waals surface area contributed by atoms with Gasteiger partial charge in [0.25, 0.3) is 5.91 Å². The van der Waals surface area contributed by atoms with Crippen LogP contribution in [0.4, 0.5) is 11.4 Å². The normalized spacial score (nSPS) is 15.5. The number of hydrogen-bond acceptors (Lipinski definition) is 6. The summed E-state index contributed by atoms with van der Waals surface area (Å²) < 4.78 is 5.41. The summed E-state index contributed by atoms with van der Waals surface area (Å²) in [6, 6.07) is 17.6. The highest BCUT2D eigenvalue weighted by molar-refractivity contribution is 8.01. The fourth-order valence-corrected chi connectivity index (χ4v) is 4.17. The summed E-state index contributed by atoms with van der Waals surface area (Å²) in [6.45, 7) is 7.90. The number of nitrogens with one attached hydrogen (secondary N) is 1. The van der Waals surface area contributed by atoms with E-state index >= 15 is 0 Å². The molecule has 2 amide bonds. The number of anilines is 2. The minimum Gasteiger partial charge on any atom is -0.452 e. The molecule has 1 N–H and O–H groups in total. The first-order valence-electron chi connectivity index (χ1n) is 11.1. The number of carbonyl (C=O) groups is 3. The lowest BCUT2D eigenvalue weighted by Crippen LogP contribution is -2.51. The summed E-state index contributed by atoms with van der Waals surface area (Å²) >= 11 is 1.18. The number of nitrogens with zero attached hydrogens (tertiary/aromatic N) is 2. The van der Waals surface area contributed by atoms with Crippen LogP contribution in [0.5, 0.6) is 0 Å². The predicted octanol–water partition coefficient (Wildman–Crippen LogP) is 3.34. The van der Waals surface area contributed by atoms with Crippen LogP contribution in [0.1, 0.15) is 19.4 Å². The highest BCUT2D eigenvalue weighted by atomic mass is 32.2. The van der Waals surface area contributed by atoms with Crippen molar-refractivity contribution in [3.05, 3.63) is 60.2 Å². The van der Waals surface area contributed by atoms with Crippen LogP contribution in [0.25, 0.3) is 0 Å². The number of ether oxygens (including phenoxy) is 1. The largest absolute Gasteiger partial charge is 0.452 e. The van der Waals surface area contributed by atoms with Gasteiger partial charge in [0.2, 0.25) is 5.91 Å². The number of thioether (sulfide) groups is 1. The van der Waals surface area contributed by atoms with Crippen molar-refractivity contribution in [2.75, 3.05) is 42.1 Å². The van der Waals surface area contributed by atoms with Crippen molar-refractivity contribution in [1.82, 2.24) is 4.90 Å². The lowest BCUT2D eigenvalue weighted by Gasteiger charge is -2.37. The molecule has 3 rings (SSSR count). The maximum absolute atomic E-state index is 12.8. The van der Waals surface area contributed by atoms with Gasteiger partial charge in [-0.15, -0.1) is 11.8 Å². The van der Waals surface area contributed by atoms with Crippen molar-refractivity contribution < 1.29 is 19.1 Å². The lowest BCUT2D eigenvalue weighted by molar-refractivity contribution is -0.158. The maximum atomic E-state index is 12.8. The van der Waals surface area contributed by atoms with Crippen LogP contribution in [0.3, 0.4) is 0 Å². The number of piperazine rings is 1. The molecule has 0 saturated carbocycles. The summed E-state index contributed by atoms with van der Waals surface area (Å²) in [4.78, 5) is 41.3. The first-order chi connectivity index (χ1) is 15.8. The van der Waals surface area contributed by atoms with E-state index in [0.717, 1.165) is 24.3 Å². The van der Waals surface area contributed by atoms with Crippen molar-refractivity contribution in [1.29, 1.82) is 0 Å². The van der Waals surface area contributed by atoms with Gasteiger partial charge in [0.05, 0.1) is 5.75 Å². The second kappa shape index (κ2) is 11.7. The molecule has 0 unspecified atom stereocenters. The number of rotatable bonds is 8. The number of para-hydroxylation sites is 1. The van der Waals surface area contributed by atoms with Gasteiger partial charge in [-0.05, 0) is 45.0 Å². The molecule has 1 heterocycles. The summed E-state index contributed by atoms with van der Waals surface area (Å²) in [5.74, 6) is -0.755. The Morgan fingerprint density at radius 3 is 2.24 bits per heavy atom. The van der Waals surface area contributed by atoms with E-state index in [0.29, 0.717) is 18.8 Å². The average molecular weight is 470 g/mol. The van der Waals surface area contributed by atoms with Crippen LogP contribution in [-0.4, -0.2) is 66.0 Å². The Balaban J connectivity index is 1.39. The molecule has 1 saturated heterocycles. The van der Waals surface area contributed by atoms with E-state index in [1.807, 2.05) is 49.4 Å². The van der Waals surface area contributed by atoms with E-state index < -0.39 is 17.3 Å². The third kappa shape index (κ3) is 7.25. The molecule has 0 aromatic heterocycles. The number of carbonyl (C=O) groups excluding carboxylic acids is 3. The molecule has 1 aliphatic heterocycles. The zero-order valence-electron chi connectivity index (χ0n) is 19.3. The molecule has 0 bridgehead atoms. The van der Waals surface area contributed by atoms with E-state index in [4.69, 9.17) is 4.74 Å². The van der Waals surface area contributed by atoms with Gasteiger partial charge in [0.1, 0.15) is 5.25 Å². The first kappa shape index (κ1) is 24.6. The second-order valence-electron chi connectivity index (χ2n) is 8.09. The molecule has 7 nitrogen and oxygen atoms in total. The zero-order valence-corrected chi connectivity index (χ0v) is 20.1. The highest BCUT2D eigenvalue weighted by Crippen LogP contribution is 2.18. The number of hydrogen-bond donors (Lipinski definition) is 1. The van der Waals surface area contributed by atoms with Crippen LogP contribution in [0, 0.1) is 6.92 Å². The van der Waals surface area contributed by atoms with E-state index in [9.17, 15) is 14.4 Å². The molecule has 8 heteroatoms. The van der Waals surface area contributed by atoms with Gasteiger partial charge in [-0.2, -0.15) is 0 Å². The maximum Gasteiger partial charge on any atom is 0.319 e. The second-order valence-corrected chi connectivity index (χ2v) is 9.42. The molecule has 0 spiro atoms. The van der Waals surface area contributed by atoms with E-state index in [-0.39, 0.29) is 17.6 Å². The summed E-state index contributed by atoms with van der Waals surface area (Å²) in [5.41, 5.74) is 2.97. The molecule has 2 atom stereocenters. The molecule has 2 aromatic rings. The van der Waals surface area contributed by atoms with Crippen LogP contribution in [0.2, 0.25) is 0 Å². The highest BCUT2D eigenvalue weighted by Gasteiger charge is 2.28. The van der Waals surface area contributed by atoms with Gasteiger partial charge in [-0.3, -0.25) is 14.4 Å². The lowest BCUT2D eigenvalue weighted by atomic mass is 10.2. The van der Waals surface area contributed by atoms with Gasteiger partial charge in [-0.1, -0.05) is 35.9 Å². The van der Waals surface area contributed by atoms with Crippen molar-refractivity contribution in [3.63, 3.8) is 0 Å². The third-order valence-corrected chi connectivity index (χ3v) is 6.61. The number of benzene rings is 2. The molecule has 1 aliphatic rings. The van der Waals surface area contributed by atoms with E-state index in [1.54, 1.807) is 18.7 Å². The predicted molar refractivity (Wildman–Crippen MR) is 133 cm³/mol. The molecule has 0 radical (unpaired) electrons. The Hall–Kier alpha value is -3.00. The number of esters is 1. The Labute approximate surface area is 199 Å². The van der Waals surface area contributed by atoms with Crippen LogP contribution in [0.15, 0.2) is 54.6 Å². The van der Waals surface area contributed by atoms with Gasteiger partial charge < -0.3 is 19.9 Å². The number of amides is 2. The summed E-state index contributed by atoms with van der Waals surface area (Å²) in [5, 5.41) is 2.25. The van der Waals surface area contributed by atoms with Crippen LogP contribution < -0.4 is 10.2 Å². The Bertz CT molecular complexity index is 944. The Kier molecular flexibility index (Phi) is 8.77. The molecule has 33 heavy (non-hydrogen) atoms. The van der Waals surface area contributed by atoms with Crippen molar-refractivity contribution in [2.45, 2.75) is 32.1 Å². The smallest absolute Gasteiger partial charge is 0.319 e. The average Bonchev–Trinajstić information content (AvgIpc) is 2.84. The molecule has 0 aliphatic carbocycles. The van der Waals surface area contributed by atoms with Gasteiger partial charge in [0.15, 0.2) is 6.10 Å². The third-order valence-electron chi connectivity index (χ3n) is 5.49. The van der Waals surface area contributed by atoms with Crippen LogP contribution >= 0.6 is 11.8 Å². The quantitative estimate of drug-likeness (QED) is 0.598. The van der Waals surface area contributed by atoms with Crippen molar-refractivity contribution in [2.24, 2.45) is 0 Å². The fraction of sp³-hybridized carbons (Fsp3) is 0.400. The fourth-order valence-electron chi connectivity index (χ4n) is 3.50. The molecular formula is C25H31N3O4S. The van der Waals surface area contributed by atoms with E-state index in [1.165, 1.54) is 11.8 Å². The number of aryl methyl sites for hydroxylation is 1. The van der Waals surface area contributed by atoms with Gasteiger partial charge in [0, 0.05) is 37.6 Å². The van der Waals surface area contributed by atoms with Crippen molar-refractivity contribution in [3.8, 4) is 0 Å². The minimum atomic E-state index is -0.856. The SMILES string of the molecule is Cc1ccc(NC(=O)CS[C@H](C)C(=O)O[C@@H](C)C(=O)N2CCN(c3ccccc3)CC2)cc1. The van der Waals surface area contributed by atoms with Gasteiger partial charge >= 0.3 is 5.97 Å². The summed E-state index contributed by atoms with van der Waals surface area (Å²) in [6.07, 6.45) is -0.856. The zero-order chi connectivity index (χ0) is 23.8. The van der Waals surface area contributed by atoms with E-state index in [2.05, 4.69) is 22.3 Å². The molecular weight excluding hydrogens is 438 g/mol.